The maximum Gasteiger partial charge on any atom is 0.159 e. The Labute approximate surface area is 158 Å². The first-order chi connectivity index (χ1) is 12.9. The number of rotatable bonds is 2. The Bertz CT molecular complexity index is 1050. The summed E-state index contributed by atoms with van der Waals surface area (Å²) in [5.41, 5.74) is 6.77. The zero-order chi connectivity index (χ0) is 19.1. The summed E-state index contributed by atoms with van der Waals surface area (Å²) in [5, 5.41) is 1.30. The van der Waals surface area contributed by atoms with Gasteiger partial charge in [0.15, 0.2) is 11.6 Å². The molecule has 4 heteroatoms. The Hall–Kier alpha value is -2.46. The highest BCUT2D eigenvalue weighted by molar-refractivity contribution is 5.90. The summed E-state index contributed by atoms with van der Waals surface area (Å²) in [6.45, 7) is 6.13. The van der Waals surface area contributed by atoms with Gasteiger partial charge in [0, 0.05) is 36.8 Å². The number of aromatic nitrogens is 1. The molecule has 0 amide bonds. The first-order valence-corrected chi connectivity index (χ1v) is 9.38. The molecule has 2 aromatic carbocycles. The lowest BCUT2D eigenvalue weighted by Gasteiger charge is -2.13. The van der Waals surface area contributed by atoms with E-state index in [9.17, 15) is 8.78 Å². The van der Waals surface area contributed by atoms with Crippen molar-refractivity contribution >= 4 is 22.7 Å². The van der Waals surface area contributed by atoms with Crippen LogP contribution in [0.2, 0.25) is 0 Å². The minimum atomic E-state index is -0.814. The highest BCUT2D eigenvalue weighted by Gasteiger charge is 2.20. The summed E-state index contributed by atoms with van der Waals surface area (Å²) >= 11 is 0. The molecular weight excluding hydrogens is 342 g/mol. The second-order valence-electron chi connectivity index (χ2n) is 7.56. The van der Waals surface area contributed by atoms with Gasteiger partial charge in [-0.05, 0) is 68.3 Å². The van der Waals surface area contributed by atoms with Gasteiger partial charge in [0.1, 0.15) is 0 Å². The number of hydrogen-bond acceptors (Lipinski definition) is 1. The van der Waals surface area contributed by atoms with E-state index in [1.807, 2.05) is 6.92 Å². The van der Waals surface area contributed by atoms with Crippen molar-refractivity contribution < 1.29 is 8.78 Å². The fourth-order valence-electron chi connectivity index (χ4n) is 3.97. The number of likely N-dealkylation sites (N-methyl/N-ethyl adjacent to an activating group) is 1. The molecule has 140 valence electrons. The van der Waals surface area contributed by atoms with Gasteiger partial charge in [0.25, 0.3) is 0 Å². The second-order valence-corrected chi connectivity index (χ2v) is 7.56. The standard InChI is InChI=1S/C23H24F2N2/c1-15-4-7-22-19(12-15)18-8-10-26(3)11-9-23(18)27(22)14-16(2)17-5-6-20(24)21(25)13-17/h4-7,12-14H,8-11H2,1-3H3/b16-14+. The molecule has 3 aromatic rings. The van der Waals surface area contributed by atoms with E-state index in [2.05, 4.69) is 47.8 Å². The van der Waals surface area contributed by atoms with Crippen LogP contribution in [-0.4, -0.2) is 29.6 Å². The minimum Gasteiger partial charge on any atom is -0.320 e. The average molecular weight is 366 g/mol. The first-order valence-electron chi connectivity index (χ1n) is 9.38. The predicted octanol–water partition coefficient (Wildman–Crippen LogP) is 5.28. The van der Waals surface area contributed by atoms with Gasteiger partial charge >= 0.3 is 0 Å². The van der Waals surface area contributed by atoms with E-state index in [4.69, 9.17) is 0 Å². The van der Waals surface area contributed by atoms with Crippen molar-refractivity contribution in [3.8, 4) is 0 Å². The molecule has 0 aliphatic carbocycles. The van der Waals surface area contributed by atoms with Crippen LogP contribution in [0.15, 0.2) is 36.4 Å². The maximum absolute atomic E-state index is 13.7. The van der Waals surface area contributed by atoms with E-state index in [0.29, 0.717) is 5.56 Å². The van der Waals surface area contributed by atoms with Crippen molar-refractivity contribution in [3.63, 3.8) is 0 Å². The molecular formula is C23H24F2N2. The third-order valence-corrected chi connectivity index (χ3v) is 5.55. The Morgan fingerprint density at radius 3 is 2.56 bits per heavy atom. The van der Waals surface area contributed by atoms with Crippen molar-refractivity contribution in [3.05, 3.63) is 70.4 Å². The summed E-state index contributed by atoms with van der Waals surface area (Å²) in [7, 11) is 2.16. The number of halogens is 2. The van der Waals surface area contributed by atoms with E-state index in [0.717, 1.165) is 31.5 Å². The number of nitrogens with zero attached hydrogens (tertiary/aromatic N) is 2. The third kappa shape index (κ3) is 3.30. The summed E-state index contributed by atoms with van der Waals surface area (Å²) in [6.07, 6.45) is 4.06. The van der Waals surface area contributed by atoms with Gasteiger partial charge in [-0.1, -0.05) is 17.7 Å². The fourth-order valence-corrected chi connectivity index (χ4v) is 3.97. The van der Waals surface area contributed by atoms with Crippen LogP contribution in [0.3, 0.4) is 0 Å². The van der Waals surface area contributed by atoms with Crippen molar-refractivity contribution in [1.29, 1.82) is 0 Å². The fraction of sp³-hybridized carbons (Fsp3) is 0.304. The Morgan fingerprint density at radius 1 is 1.00 bits per heavy atom. The molecule has 4 rings (SSSR count). The molecule has 0 saturated heterocycles. The molecule has 0 N–H and O–H groups in total. The average Bonchev–Trinajstić information content (AvgIpc) is 2.78. The number of aryl methyl sites for hydroxylation is 1. The van der Waals surface area contributed by atoms with Crippen molar-refractivity contribution in [2.24, 2.45) is 0 Å². The summed E-state index contributed by atoms with van der Waals surface area (Å²) in [4.78, 5) is 2.36. The Kier molecular flexibility index (Phi) is 4.60. The van der Waals surface area contributed by atoms with Crippen LogP contribution in [0.1, 0.15) is 29.3 Å². The highest BCUT2D eigenvalue weighted by atomic mass is 19.2. The number of fused-ring (bicyclic) bond motifs is 3. The summed E-state index contributed by atoms with van der Waals surface area (Å²) in [5.74, 6) is -1.63. The summed E-state index contributed by atoms with van der Waals surface area (Å²) < 4.78 is 29.2. The van der Waals surface area contributed by atoms with Crippen LogP contribution in [0, 0.1) is 18.6 Å². The smallest absolute Gasteiger partial charge is 0.159 e. The van der Waals surface area contributed by atoms with Gasteiger partial charge in [-0.25, -0.2) is 8.78 Å². The molecule has 0 atom stereocenters. The zero-order valence-corrected chi connectivity index (χ0v) is 16.0. The van der Waals surface area contributed by atoms with E-state index in [1.165, 1.54) is 39.9 Å². The minimum absolute atomic E-state index is 0.697. The lowest BCUT2D eigenvalue weighted by Crippen LogP contribution is -2.21. The Morgan fingerprint density at radius 2 is 1.78 bits per heavy atom. The zero-order valence-electron chi connectivity index (χ0n) is 16.0. The van der Waals surface area contributed by atoms with Crippen LogP contribution in [-0.2, 0) is 12.8 Å². The highest BCUT2D eigenvalue weighted by Crippen LogP contribution is 2.31. The normalized spacial score (nSPS) is 15.8. The van der Waals surface area contributed by atoms with Gasteiger partial charge in [-0.15, -0.1) is 0 Å². The van der Waals surface area contributed by atoms with Crippen LogP contribution in [0.5, 0.6) is 0 Å². The van der Waals surface area contributed by atoms with E-state index < -0.39 is 11.6 Å². The molecule has 0 bridgehead atoms. The van der Waals surface area contributed by atoms with Crippen molar-refractivity contribution in [2.75, 3.05) is 20.1 Å². The van der Waals surface area contributed by atoms with Gasteiger partial charge in [-0.3, -0.25) is 0 Å². The lowest BCUT2D eigenvalue weighted by atomic mass is 10.1. The quantitative estimate of drug-likeness (QED) is 0.599. The van der Waals surface area contributed by atoms with Crippen LogP contribution in [0.4, 0.5) is 8.78 Å². The number of hydrogen-bond donors (Lipinski definition) is 0. The van der Waals surface area contributed by atoms with Crippen LogP contribution >= 0.6 is 0 Å². The van der Waals surface area contributed by atoms with Gasteiger partial charge < -0.3 is 9.47 Å². The molecule has 0 saturated carbocycles. The van der Waals surface area contributed by atoms with Gasteiger partial charge in [0.2, 0.25) is 0 Å². The van der Waals surface area contributed by atoms with Crippen molar-refractivity contribution in [2.45, 2.75) is 26.7 Å². The third-order valence-electron chi connectivity index (χ3n) is 5.55. The van der Waals surface area contributed by atoms with Crippen LogP contribution < -0.4 is 0 Å². The van der Waals surface area contributed by atoms with Crippen LogP contribution in [0.25, 0.3) is 22.7 Å². The molecule has 2 nitrogen and oxygen atoms in total. The topological polar surface area (TPSA) is 8.17 Å². The SMILES string of the molecule is C/C(=C\n1c2c(c3cc(C)ccc31)CCN(C)CC2)c1ccc(F)c(F)c1. The van der Waals surface area contributed by atoms with Gasteiger partial charge in [0.05, 0.1) is 5.52 Å². The molecule has 0 unspecified atom stereocenters. The first kappa shape index (κ1) is 17.9. The molecule has 0 radical (unpaired) electrons. The summed E-state index contributed by atoms with van der Waals surface area (Å²) in [6, 6.07) is 10.6. The molecule has 1 aromatic heterocycles. The maximum atomic E-state index is 13.7. The largest absolute Gasteiger partial charge is 0.320 e. The van der Waals surface area contributed by atoms with E-state index in [1.54, 1.807) is 6.07 Å². The second kappa shape index (κ2) is 6.93. The monoisotopic (exact) mass is 366 g/mol. The molecule has 1 aliphatic rings. The molecule has 0 spiro atoms. The molecule has 2 heterocycles. The molecule has 27 heavy (non-hydrogen) atoms. The molecule has 0 fully saturated rings. The number of benzene rings is 2. The molecule has 1 aliphatic heterocycles. The Balaban J connectivity index is 1.89. The van der Waals surface area contributed by atoms with Gasteiger partial charge in [-0.2, -0.15) is 0 Å². The lowest BCUT2D eigenvalue weighted by molar-refractivity contribution is 0.351. The number of allylic oxidation sites excluding steroid dienone is 1. The van der Waals surface area contributed by atoms with Crippen molar-refractivity contribution in [1.82, 2.24) is 9.47 Å². The van der Waals surface area contributed by atoms with E-state index >= 15 is 0 Å². The predicted molar refractivity (Wildman–Crippen MR) is 108 cm³/mol. The van der Waals surface area contributed by atoms with E-state index in [-0.39, 0.29) is 0 Å².